The summed E-state index contributed by atoms with van der Waals surface area (Å²) in [4.78, 5) is 0. The first kappa shape index (κ1) is 5.35. The van der Waals surface area contributed by atoms with Crippen LogP contribution in [0.15, 0.2) is 0 Å². The molecule has 0 saturated carbocycles. The molecule has 24 valence electrons. The van der Waals surface area contributed by atoms with Gasteiger partial charge in [0.15, 0.2) is 0 Å². The van der Waals surface area contributed by atoms with Crippen molar-refractivity contribution in [3.05, 3.63) is 0 Å². The van der Waals surface area contributed by atoms with Crippen molar-refractivity contribution < 1.29 is 11.9 Å². The fraction of sp³-hybridized carbons (Fsp3) is 0. The van der Waals surface area contributed by atoms with Gasteiger partial charge in [-0.1, -0.05) is 0 Å². The number of hydrogen-bond acceptors (Lipinski definition) is 3. The third-order valence-electron chi connectivity index (χ3n) is 0. The predicted molar refractivity (Wildman–Crippen MR) is 22.8 cm³/mol. The predicted octanol–water partition coefficient (Wildman–Crippen LogP) is 1.94. The van der Waals surface area contributed by atoms with E-state index >= 15 is 0 Å². The Morgan fingerprint density at radius 2 is 1.00 bits per heavy atom. The average Bonchev–Trinajstić information content (AvgIpc) is 0.811. The molecule has 0 heterocycles. The van der Waals surface area contributed by atoms with Gasteiger partial charge in [0.2, 0.25) is 0 Å². The summed E-state index contributed by atoms with van der Waals surface area (Å²) >= 11 is -1.61. The third kappa shape index (κ3) is 10.2. The Balaban J connectivity index is 4.65. The standard InChI is InChI=1S/Mo.3S. The van der Waals surface area contributed by atoms with Gasteiger partial charge in [0.1, 0.15) is 0 Å². The zero-order valence-corrected chi connectivity index (χ0v) is 6.09. The molecule has 0 aromatic carbocycles. The molecule has 0 rings (SSSR count). The van der Waals surface area contributed by atoms with Gasteiger partial charge in [0.05, 0.1) is 0 Å². The quantitative estimate of drug-likeness (QED) is 0.538. The molecule has 4 heteroatoms. The Labute approximate surface area is 41.1 Å². The molecule has 4 heavy (non-hydrogen) atoms. The molecule has 0 aromatic heterocycles. The number of rotatable bonds is 0. The van der Waals surface area contributed by atoms with Crippen LogP contribution in [0.4, 0.5) is 0 Å². The molecule has 0 nitrogen and oxygen atoms in total. The fourth-order valence-corrected chi connectivity index (χ4v) is 0. The second kappa shape index (κ2) is 2.58. The number of hydrogen-bond donors (Lipinski definition) is 0. The first-order valence-electron chi connectivity index (χ1n) is 0.500. The van der Waals surface area contributed by atoms with Crippen LogP contribution in [0.3, 0.4) is 0 Å². The van der Waals surface area contributed by atoms with E-state index in [-0.39, 0.29) is 0 Å². The SMILES string of the molecule is [S]=[Mo](=[S])=[S]. The summed E-state index contributed by atoms with van der Waals surface area (Å²) in [6, 6.07) is 0. The molecule has 0 saturated heterocycles. The van der Waals surface area contributed by atoms with Crippen LogP contribution in [-0.4, -0.2) is 0 Å². The molecule has 0 unspecified atom stereocenters. The Morgan fingerprint density at radius 3 is 1.00 bits per heavy atom. The zero-order valence-electron chi connectivity index (χ0n) is 1.63. The molecule has 0 amide bonds. The molecule has 0 aliphatic rings. The molecule has 0 aliphatic carbocycles. The molecule has 0 aromatic rings. The van der Waals surface area contributed by atoms with Crippen LogP contribution in [0.5, 0.6) is 0 Å². The molecular weight excluding hydrogens is 192 g/mol. The van der Waals surface area contributed by atoms with Gasteiger partial charge in [-0.15, -0.1) is 0 Å². The van der Waals surface area contributed by atoms with Crippen molar-refractivity contribution >= 4 is 29.5 Å². The van der Waals surface area contributed by atoms with Gasteiger partial charge in [-0.05, 0) is 0 Å². The van der Waals surface area contributed by atoms with E-state index in [9.17, 15) is 0 Å². The van der Waals surface area contributed by atoms with Gasteiger partial charge in [-0.2, -0.15) is 0 Å². The van der Waals surface area contributed by atoms with Gasteiger partial charge >= 0.3 is 41.3 Å². The van der Waals surface area contributed by atoms with Crippen molar-refractivity contribution in [2.24, 2.45) is 0 Å². The van der Waals surface area contributed by atoms with Crippen molar-refractivity contribution in [3.63, 3.8) is 0 Å². The summed E-state index contributed by atoms with van der Waals surface area (Å²) in [6.07, 6.45) is 0. The van der Waals surface area contributed by atoms with E-state index in [1.54, 1.807) is 0 Å². The van der Waals surface area contributed by atoms with Gasteiger partial charge in [0, 0.05) is 0 Å². The topological polar surface area (TPSA) is 0 Å². The fourth-order valence-electron chi connectivity index (χ4n) is 0. The van der Waals surface area contributed by atoms with E-state index in [1.807, 2.05) is 0 Å². The summed E-state index contributed by atoms with van der Waals surface area (Å²) in [5.41, 5.74) is 0. The molecular formula is MoS3. The Bertz CT molecular complexity index is 72.7. The molecule has 0 fully saturated rings. The first-order valence-corrected chi connectivity index (χ1v) is 8.87. The van der Waals surface area contributed by atoms with E-state index in [0.29, 0.717) is 0 Å². The summed E-state index contributed by atoms with van der Waals surface area (Å²) in [5, 5.41) is 0. The average molecular weight is 192 g/mol. The summed E-state index contributed by atoms with van der Waals surface area (Å²) < 4.78 is 0. The minimum atomic E-state index is -1.61. The Morgan fingerprint density at radius 1 is 1.00 bits per heavy atom. The zero-order chi connectivity index (χ0) is 3.58. The van der Waals surface area contributed by atoms with Gasteiger partial charge in [-0.25, -0.2) is 0 Å². The van der Waals surface area contributed by atoms with E-state index in [4.69, 9.17) is 0 Å². The third-order valence-corrected chi connectivity index (χ3v) is 0. The van der Waals surface area contributed by atoms with Crippen molar-refractivity contribution in [1.29, 1.82) is 0 Å². The van der Waals surface area contributed by atoms with Crippen LogP contribution in [0.25, 0.3) is 0 Å². The van der Waals surface area contributed by atoms with Crippen LogP contribution in [0, 0.1) is 0 Å². The molecule has 0 bridgehead atoms. The molecule has 0 aliphatic heterocycles. The summed E-state index contributed by atoms with van der Waals surface area (Å²) in [5.74, 6) is 0. The minimum absolute atomic E-state index is 1.61. The van der Waals surface area contributed by atoms with E-state index in [2.05, 4.69) is 29.5 Å². The van der Waals surface area contributed by atoms with Gasteiger partial charge in [0.25, 0.3) is 0 Å². The monoisotopic (exact) mass is 194 g/mol. The first-order chi connectivity index (χ1) is 1.73. The van der Waals surface area contributed by atoms with Crippen LogP contribution >= 0.6 is 29.5 Å². The Kier molecular flexibility index (Phi) is 3.45. The van der Waals surface area contributed by atoms with E-state index in [0.717, 1.165) is 0 Å². The second-order valence-corrected chi connectivity index (χ2v) is 10.9. The van der Waals surface area contributed by atoms with E-state index in [1.165, 1.54) is 0 Å². The molecule has 0 radical (unpaired) electrons. The summed E-state index contributed by atoms with van der Waals surface area (Å²) in [7, 11) is 13.3. The van der Waals surface area contributed by atoms with Crippen molar-refractivity contribution in [3.8, 4) is 0 Å². The van der Waals surface area contributed by atoms with Crippen molar-refractivity contribution in [1.82, 2.24) is 0 Å². The van der Waals surface area contributed by atoms with Crippen molar-refractivity contribution in [2.75, 3.05) is 0 Å². The van der Waals surface area contributed by atoms with Crippen LogP contribution in [-0.2, 0) is 11.9 Å². The van der Waals surface area contributed by atoms with Crippen LogP contribution < -0.4 is 0 Å². The van der Waals surface area contributed by atoms with Crippen LogP contribution in [0.2, 0.25) is 0 Å². The molecule has 0 spiro atoms. The normalized spacial score (nSPS) is 6.00. The maximum absolute atomic E-state index is 4.42. The summed E-state index contributed by atoms with van der Waals surface area (Å²) in [6.45, 7) is 0. The van der Waals surface area contributed by atoms with Gasteiger partial charge < -0.3 is 0 Å². The molecule has 0 atom stereocenters. The van der Waals surface area contributed by atoms with E-state index < -0.39 is 11.9 Å². The second-order valence-electron chi connectivity index (χ2n) is 0.204. The van der Waals surface area contributed by atoms with Crippen LogP contribution in [0.1, 0.15) is 0 Å². The molecule has 0 N–H and O–H groups in total. The maximum atomic E-state index is 4.42. The van der Waals surface area contributed by atoms with Crippen molar-refractivity contribution in [2.45, 2.75) is 0 Å². The Hall–Kier alpha value is 1.35. The van der Waals surface area contributed by atoms with Gasteiger partial charge in [-0.3, -0.25) is 0 Å².